The first-order valence-corrected chi connectivity index (χ1v) is 4.13. The fraction of sp³-hybridized carbons (Fsp3) is 0.200. The predicted molar refractivity (Wildman–Crippen MR) is 51.8 cm³/mol. The molecule has 0 atom stereocenters. The van der Waals surface area contributed by atoms with Gasteiger partial charge in [0.25, 0.3) is 0 Å². The number of nitrogens with zero attached hydrogens (tertiary/aromatic N) is 1. The van der Waals surface area contributed by atoms with Crippen molar-refractivity contribution < 1.29 is 0 Å². The lowest BCUT2D eigenvalue weighted by Gasteiger charge is -2.01. The van der Waals surface area contributed by atoms with E-state index in [1.54, 1.807) is 0 Å². The lowest BCUT2D eigenvalue weighted by Crippen LogP contribution is -2.04. The Balaban J connectivity index is 3.03. The molecule has 0 unspecified atom stereocenters. The molecule has 2 aromatic rings. The monoisotopic (exact) mass is 174 g/mol. The number of hydrogen-bond acceptors (Lipinski definition) is 2. The molecule has 3 heteroatoms. The molecule has 1 aromatic heterocycles. The average molecular weight is 174 g/mol. The second-order valence-corrected chi connectivity index (χ2v) is 3.24. The fourth-order valence-corrected chi connectivity index (χ4v) is 1.54. The molecule has 0 aliphatic carbocycles. The van der Waals surface area contributed by atoms with E-state index in [-0.39, 0.29) is 5.43 Å². The van der Waals surface area contributed by atoms with Gasteiger partial charge in [-0.25, -0.2) is 0 Å². The number of hydrogen-bond donors (Lipinski definition) is 1. The maximum Gasteiger partial charge on any atom is 0.207 e. The number of aromatic nitrogens is 2. The molecule has 0 fully saturated rings. The van der Waals surface area contributed by atoms with Gasteiger partial charge in [0.05, 0.1) is 11.7 Å². The van der Waals surface area contributed by atoms with Crippen molar-refractivity contribution in [1.82, 2.24) is 10.2 Å². The molecule has 2 rings (SSSR count). The predicted octanol–water partition coefficient (Wildman–Crippen LogP) is 1.54. The maximum atomic E-state index is 11.4. The van der Waals surface area contributed by atoms with Crippen molar-refractivity contribution in [2.75, 3.05) is 0 Å². The van der Waals surface area contributed by atoms with E-state index in [1.807, 2.05) is 26.0 Å². The number of H-pyrrole nitrogens is 1. The summed E-state index contributed by atoms with van der Waals surface area (Å²) in [7, 11) is 0. The lowest BCUT2D eigenvalue weighted by molar-refractivity contribution is 1.06. The summed E-state index contributed by atoms with van der Waals surface area (Å²) in [5.41, 5.74) is 2.96. The van der Waals surface area contributed by atoms with Gasteiger partial charge in [-0.1, -0.05) is 6.07 Å². The highest BCUT2D eigenvalue weighted by Gasteiger charge is 2.01. The van der Waals surface area contributed by atoms with Crippen LogP contribution < -0.4 is 5.43 Å². The first-order valence-electron chi connectivity index (χ1n) is 4.13. The van der Waals surface area contributed by atoms with Gasteiger partial charge >= 0.3 is 0 Å². The normalized spacial score (nSPS) is 10.6. The summed E-state index contributed by atoms with van der Waals surface area (Å²) in [6.07, 6.45) is 1.31. The van der Waals surface area contributed by atoms with Crippen LogP contribution in [0.25, 0.3) is 10.9 Å². The van der Waals surface area contributed by atoms with Crippen LogP contribution in [0.1, 0.15) is 11.1 Å². The summed E-state index contributed by atoms with van der Waals surface area (Å²) in [6, 6.07) is 3.91. The van der Waals surface area contributed by atoms with Crippen molar-refractivity contribution in [1.29, 1.82) is 0 Å². The highest BCUT2D eigenvalue weighted by Crippen LogP contribution is 2.13. The maximum absolute atomic E-state index is 11.4. The molecular weight excluding hydrogens is 164 g/mol. The van der Waals surface area contributed by atoms with E-state index in [4.69, 9.17) is 0 Å². The zero-order chi connectivity index (χ0) is 9.42. The Hall–Kier alpha value is -1.64. The van der Waals surface area contributed by atoms with Crippen LogP contribution >= 0.6 is 0 Å². The smallest absolute Gasteiger partial charge is 0.207 e. The first-order chi connectivity index (χ1) is 6.18. The molecule has 13 heavy (non-hydrogen) atoms. The molecule has 1 N–H and O–H groups in total. The zero-order valence-electron chi connectivity index (χ0n) is 7.59. The molecule has 0 aliphatic heterocycles. The van der Waals surface area contributed by atoms with Crippen LogP contribution in [0.3, 0.4) is 0 Å². The topological polar surface area (TPSA) is 45.8 Å². The molecule has 0 amide bonds. The SMILES string of the molecule is Cc1cc(C)c2[nH]ncc(=O)c2c1. The van der Waals surface area contributed by atoms with Crippen molar-refractivity contribution >= 4 is 10.9 Å². The Kier molecular flexibility index (Phi) is 1.65. The molecule has 1 aromatic carbocycles. The minimum atomic E-state index is -0.0273. The Bertz CT molecular complexity index is 514. The van der Waals surface area contributed by atoms with Gasteiger partial charge in [-0.2, -0.15) is 5.10 Å². The van der Waals surface area contributed by atoms with Gasteiger partial charge in [-0.05, 0) is 31.0 Å². The Morgan fingerprint density at radius 3 is 2.85 bits per heavy atom. The van der Waals surface area contributed by atoms with E-state index < -0.39 is 0 Å². The minimum absolute atomic E-state index is 0.0273. The van der Waals surface area contributed by atoms with E-state index >= 15 is 0 Å². The van der Waals surface area contributed by atoms with Crippen LogP contribution in [-0.4, -0.2) is 10.2 Å². The van der Waals surface area contributed by atoms with Gasteiger partial charge in [-0.15, -0.1) is 0 Å². The first kappa shape index (κ1) is 7.98. The standard InChI is InChI=1S/C10H10N2O/c1-6-3-7(2)10-8(4-6)9(13)5-11-12-10/h3-5H,1-2H3,(H,12,13). The van der Waals surface area contributed by atoms with Crippen LogP contribution in [0, 0.1) is 13.8 Å². The highest BCUT2D eigenvalue weighted by atomic mass is 16.1. The molecule has 0 radical (unpaired) electrons. The summed E-state index contributed by atoms with van der Waals surface area (Å²) in [5.74, 6) is 0. The molecule has 0 saturated heterocycles. The van der Waals surface area contributed by atoms with Gasteiger partial charge < -0.3 is 0 Å². The molecule has 3 nitrogen and oxygen atoms in total. The summed E-state index contributed by atoms with van der Waals surface area (Å²) in [5, 5.41) is 7.32. The highest BCUT2D eigenvalue weighted by molar-refractivity contribution is 5.81. The molecule has 0 aliphatic rings. The number of nitrogens with one attached hydrogen (secondary N) is 1. The van der Waals surface area contributed by atoms with Crippen molar-refractivity contribution in [3.8, 4) is 0 Å². The van der Waals surface area contributed by atoms with Gasteiger partial charge in [0.2, 0.25) is 5.43 Å². The molecule has 0 spiro atoms. The second-order valence-electron chi connectivity index (χ2n) is 3.24. The second kappa shape index (κ2) is 2.69. The number of aromatic amines is 1. The average Bonchev–Trinajstić information content (AvgIpc) is 2.07. The van der Waals surface area contributed by atoms with Crippen molar-refractivity contribution in [2.24, 2.45) is 0 Å². The van der Waals surface area contributed by atoms with Gasteiger partial charge in [-0.3, -0.25) is 9.89 Å². The number of aryl methyl sites for hydroxylation is 2. The Morgan fingerprint density at radius 1 is 1.31 bits per heavy atom. The number of rotatable bonds is 0. The minimum Gasteiger partial charge on any atom is -0.287 e. The number of benzene rings is 1. The molecular formula is C10H10N2O. The summed E-state index contributed by atoms with van der Waals surface area (Å²) >= 11 is 0. The fourth-order valence-electron chi connectivity index (χ4n) is 1.54. The van der Waals surface area contributed by atoms with E-state index in [2.05, 4.69) is 10.2 Å². The third-order valence-corrected chi connectivity index (χ3v) is 2.10. The van der Waals surface area contributed by atoms with Gasteiger partial charge in [0.15, 0.2) is 0 Å². The van der Waals surface area contributed by atoms with Crippen LogP contribution in [-0.2, 0) is 0 Å². The third-order valence-electron chi connectivity index (χ3n) is 2.10. The van der Waals surface area contributed by atoms with Crippen molar-refractivity contribution in [3.05, 3.63) is 39.7 Å². The van der Waals surface area contributed by atoms with Gasteiger partial charge in [0, 0.05) is 5.39 Å². The lowest BCUT2D eigenvalue weighted by atomic mass is 10.1. The molecule has 1 heterocycles. The Morgan fingerprint density at radius 2 is 2.08 bits per heavy atom. The quantitative estimate of drug-likeness (QED) is 0.658. The van der Waals surface area contributed by atoms with Crippen LogP contribution in [0.5, 0.6) is 0 Å². The van der Waals surface area contributed by atoms with E-state index in [9.17, 15) is 4.79 Å². The van der Waals surface area contributed by atoms with Crippen LogP contribution in [0.15, 0.2) is 23.1 Å². The Labute approximate surface area is 75.4 Å². The summed E-state index contributed by atoms with van der Waals surface area (Å²) in [4.78, 5) is 11.4. The van der Waals surface area contributed by atoms with Crippen LogP contribution in [0.4, 0.5) is 0 Å². The van der Waals surface area contributed by atoms with E-state index in [0.717, 1.165) is 16.6 Å². The molecule has 66 valence electrons. The van der Waals surface area contributed by atoms with E-state index in [1.165, 1.54) is 6.20 Å². The summed E-state index contributed by atoms with van der Waals surface area (Å²) < 4.78 is 0. The third kappa shape index (κ3) is 1.22. The molecule has 0 bridgehead atoms. The van der Waals surface area contributed by atoms with Crippen LogP contribution in [0.2, 0.25) is 0 Å². The summed E-state index contributed by atoms with van der Waals surface area (Å²) in [6.45, 7) is 3.94. The number of fused-ring (bicyclic) bond motifs is 1. The molecule has 0 saturated carbocycles. The van der Waals surface area contributed by atoms with E-state index in [0.29, 0.717) is 5.39 Å². The van der Waals surface area contributed by atoms with Crippen molar-refractivity contribution in [2.45, 2.75) is 13.8 Å². The largest absolute Gasteiger partial charge is 0.287 e. The van der Waals surface area contributed by atoms with Gasteiger partial charge in [0.1, 0.15) is 0 Å². The van der Waals surface area contributed by atoms with Crippen molar-refractivity contribution in [3.63, 3.8) is 0 Å². The zero-order valence-corrected chi connectivity index (χ0v) is 7.59.